The van der Waals surface area contributed by atoms with E-state index in [0.717, 1.165) is 39.0 Å². The summed E-state index contributed by atoms with van der Waals surface area (Å²) < 4.78 is 0. The fraction of sp³-hybridized carbons (Fsp3) is 0.316. The Bertz CT molecular complexity index is 1870. The van der Waals surface area contributed by atoms with Gasteiger partial charge in [0.15, 0.2) is 0 Å². The summed E-state index contributed by atoms with van der Waals surface area (Å²) in [7, 11) is 0. The minimum atomic E-state index is -0.581. The van der Waals surface area contributed by atoms with Crippen LogP contribution in [0.4, 0.5) is 11.4 Å². The molecule has 6 nitrogen and oxygen atoms in total. The molecule has 3 aromatic rings. The molecule has 4 amide bonds. The fourth-order valence-electron chi connectivity index (χ4n) is 9.10. The lowest BCUT2D eigenvalue weighted by atomic mass is 9.49. The quantitative estimate of drug-likeness (QED) is 0.276. The van der Waals surface area contributed by atoms with Crippen LogP contribution in [-0.2, 0) is 19.2 Å². The van der Waals surface area contributed by atoms with Crippen molar-refractivity contribution in [1.29, 1.82) is 0 Å². The highest BCUT2D eigenvalue weighted by Crippen LogP contribution is 2.63. The maximum Gasteiger partial charge on any atom is 0.238 e. The van der Waals surface area contributed by atoms with Gasteiger partial charge in [-0.05, 0) is 74.4 Å². The Morgan fingerprint density at radius 1 is 0.591 bits per heavy atom. The Morgan fingerprint density at radius 3 is 1.77 bits per heavy atom. The molecule has 7 atom stereocenters. The van der Waals surface area contributed by atoms with Gasteiger partial charge in [0.05, 0.1) is 35.0 Å². The first-order valence-corrected chi connectivity index (χ1v) is 15.5. The van der Waals surface area contributed by atoms with E-state index in [-0.39, 0.29) is 41.4 Å². The van der Waals surface area contributed by atoms with Gasteiger partial charge in [-0.2, -0.15) is 0 Å². The number of amides is 4. The molecule has 6 heteroatoms. The molecule has 1 saturated carbocycles. The van der Waals surface area contributed by atoms with E-state index in [4.69, 9.17) is 0 Å². The van der Waals surface area contributed by atoms with Crippen molar-refractivity contribution in [3.05, 3.63) is 112 Å². The predicted octanol–water partition coefficient (Wildman–Crippen LogP) is 6.12. The number of nitrogens with zero attached hydrogens (tertiary/aromatic N) is 2. The number of carbonyl (C=O) groups is 4. The molecule has 220 valence electrons. The number of fused-ring (bicyclic) bond motifs is 1. The molecule has 3 fully saturated rings. The van der Waals surface area contributed by atoms with Crippen molar-refractivity contribution in [2.45, 2.75) is 34.1 Å². The Morgan fingerprint density at radius 2 is 1.16 bits per heavy atom. The van der Waals surface area contributed by atoms with Gasteiger partial charge >= 0.3 is 0 Å². The monoisotopic (exact) mass is 582 g/mol. The van der Waals surface area contributed by atoms with Gasteiger partial charge in [-0.15, -0.1) is 0 Å². The van der Waals surface area contributed by atoms with Crippen LogP contribution in [0.5, 0.6) is 0 Å². The van der Waals surface area contributed by atoms with Crippen molar-refractivity contribution in [1.82, 2.24) is 0 Å². The predicted molar refractivity (Wildman–Crippen MR) is 168 cm³/mol. The van der Waals surface area contributed by atoms with E-state index in [0.29, 0.717) is 17.8 Å². The second-order valence-corrected chi connectivity index (χ2v) is 13.3. The molecule has 0 spiro atoms. The lowest BCUT2D eigenvalue weighted by Gasteiger charge is -2.51. The normalized spacial score (nSPS) is 30.3. The van der Waals surface area contributed by atoms with Gasteiger partial charge in [0.2, 0.25) is 23.6 Å². The van der Waals surface area contributed by atoms with Gasteiger partial charge in [0, 0.05) is 11.8 Å². The van der Waals surface area contributed by atoms with E-state index in [9.17, 15) is 19.2 Å². The average Bonchev–Trinajstić information content (AvgIpc) is 3.43. The first-order chi connectivity index (χ1) is 21.2. The molecule has 0 radical (unpaired) electrons. The summed E-state index contributed by atoms with van der Waals surface area (Å²) in [5, 5.41) is 0. The third kappa shape index (κ3) is 3.54. The van der Waals surface area contributed by atoms with Gasteiger partial charge < -0.3 is 0 Å². The van der Waals surface area contributed by atoms with E-state index >= 15 is 0 Å². The van der Waals surface area contributed by atoms with Gasteiger partial charge in [-0.1, -0.05) is 83.4 Å². The molecule has 9 rings (SSSR count). The smallest absolute Gasteiger partial charge is 0.238 e. The zero-order valence-electron chi connectivity index (χ0n) is 25.3. The van der Waals surface area contributed by atoms with Crippen molar-refractivity contribution in [2.24, 2.45) is 41.4 Å². The molecule has 0 unspecified atom stereocenters. The summed E-state index contributed by atoms with van der Waals surface area (Å²) in [6.07, 6.45) is 4.60. The lowest BCUT2D eigenvalue weighted by molar-refractivity contribution is -0.129. The molecule has 2 aliphatic heterocycles. The molecule has 2 saturated heterocycles. The largest absolute Gasteiger partial charge is 0.274 e. The second-order valence-electron chi connectivity index (χ2n) is 13.3. The molecule has 0 N–H and O–H groups in total. The van der Waals surface area contributed by atoms with Crippen LogP contribution >= 0.6 is 0 Å². The zero-order valence-corrected chi connectivity index (χ0v) is 25.3. The van der Waals surface area contributed by atoms with Crippen molar-refractivity contribution >= 4 is 40.6 Å². The SMILES string of the molecule is Cc1ccc(N2C(=O)[C@H]3[C@@H]4C=C[C@H](C5=C(c6ccccc6)C[C@H]6C(=O)N(c7ccc(C)cc7C)C(=O)[C@H]6[C@@H]54)[C@H]3C2=O)c(C)c1. The van der Waals surface area contributed by atoms with Crippen molar-refractivity contribution in [3.8, 4) is 0 Å². The van der Waals surface area contributed by atoms with Crippen LogP contribution in [0.2, 0.25) is 0 Å². The van der Waals surface area contributed by atoms with Crippen LogP contribution in [0, 0.1) is 69.1 Å². The van der Waals surface area contributed by atoms with E-state index in [1.165, 1.54) is 9.80 Å². The highest BCUT2D eigenvalue weighted by atomic mass is 16.2. The van der Waals surface area contributed by atoms with E-state index in [2.05, 4.69) is 24.3 Å². The summed E-state index contributed by atoms with van der Waals surface area (Å²) in [5.41, 5.74) is 8.28. The number of allylic oxidation sites excluding steroid dienone is 4. The molecule has 0 aromatic heterocycles. The topological polar surface area (TPSA) is 74.8 Å². The van der Waals surface area contributed by atoms with E-state index in [1.54, 1.807) is 0 Å². The number of hydrogen-bond donors (Lipinski definition) is 0. The van der Waals surface area contributed by atoms with Crippen LogP contribution in [0.15, 0.2) is 84.5 Å². The highest BCUT2D eigenvalue weighted by Gasteiger charge is 2.67. The molecule has 3 aromatic carbocycles. The molecular formula is C38H34N2O4. The fourth-order valence-corrected chi connectivity index (χ4v) is 9.10. The summed E-state index contributed by atoms with van der Waals surface area (Å²) in [5.74, 6) is -3.93. The molecule has 6 aliphatic rings. The highest BCUT2D eigenvalue weighted by molar-refractivity contribution is 6.25. The van der Waals surface area contributed by atoms with Gasteiger partial charge in [0.1, 0.15) is 0 Å². The van der Waals surface area contributed by atoms with Crippen LogP contribution in [0.3, 0.4) is 0 Å². The van der Waals surface area contributed by atoms with Gasteiger partial charge in [0.25, 0.3) is 0 Å². The van der Waals surface area contributed by atoms with E-state index in [1.807, 2.05) is 82.3 Å². The van der Waals surface area contributed by atoms with Crippen LogP contribution in [0.1, 0.15) is 34.2 Å². The second kappa shape index (κ2) is 9.46. The number of imide groups is 2. The third-order valence-corrected chi connectivity index (χ3v) is 10.8. The number of aryl methyl sites for hydroxylation is 4. The zero-order chi connectivity index (χ0) is 30.6. The van der Waals surface area contributed by atoms with Gasteiger partial charge in [-0.3, -0.25) is 19.2 Å². The number of benzene rings is 3. The molecule has 2 heterocycles. The van der Waals surface area contributed by atoms with Crippen molar-refractivity contribution < 1.29 is 19.2 Å². The Balaban J connectivity index is 1.29. The summed E-state index contributed by atoms with van der Waals surface area (Å²) in [4.78, 5) is 60.0. The minimum absolute atomic E-state index is 0.169. The Kier molecular flexibility index (Phi) is 5.80. The van der Waals surface area contributed by atoms with Crippen molar-refractivity contribution in [3.63, 3.8) is 0 Å². The van der Waals surface area contributed by atoms with Crippen molar-refractivity contribution in [2.75, 3.05) is 9.80 Å². The maximum atomic E-state index is 14.5. The lowest BCUT2D eigenvalue weighted by Crippen LogP contribution is -2.51. The molecule has 4 aliphatic carbocycles. The van der Waals surface area contributed by atoms with Crippen LogP contribution < -0.4 is 9.80 Å². The summed E-state index contributed by atoms with van der Waals surface area (Å²) >= 11 is 0. The number of carbonyl (C=O) groups excluding carboxylic acids is 4. The molecule has 44 heavy (non-hydrogen) atoms. The summed E-state index contributed by atoms with van der Waals surface area (Å²) in [6, 6.07) is 21.6. The first kappa shape index (κ1) is 27.0. The van der Waals surface area contributed by atoms with Crippen LogP contribution in [-0.4, -0.2) is 23.6 Å². The first-order valence-electron chi connectivity index (χ1n) is 15.5. The van der Waals surface area contributed by atoms with Gasteiger partial charge in [-0.25, -0.2) is 9.80 Å². The molecule has 2 bridgehead atoms. The summed E-state index contributed by atoms with van der Waals surface area (Å²) in [6.45, 7) is 7.86. The average molecular weight is 583 g/mol. The maximum absolute atomic E-state index is 14.5. The van der Waals surface area contributed by atoms with E-state index < -0.39 is 23.7 Å². The third-order valence-electron chi connectivity index (χ3n) is 10.8. The van der Waals surface area contributed by atoms with Crippen LogP contribution in [0.25, 0.3) is 5.57 Å². The standard InChI is InChI=1S/C38H34N2O4/c1-19-10-14-28(21(3)16-19)39-35(41)27-18-26(23-8-6-5-7-9-23)30-24-12-13-25(31(30)34(27)38(39)44)33-32(24)36(42)40(37(33)43)29-15-11-20(2)17-22(29)4/h5-17,24-25,27,31-34H,18H2,1-4H3/t24-,25-,27-,31-,32-,33+,34-/m1/s1. The minimum Gasteiger partial charge on any atom is -0.274 e. The molecular weight excluding hydrogens is 548 g/mol. The number of hydrogen-bond acceptors (Lipinski definition) is 4. The number of rotatable bonds is 3. The Labute approximate surface area is 257 Å². The Hall–Kier alpha value is -4.58. The number of anilines is 2.